The zero-order chi connectivity index (χ0) is 20.3. The van der Waals surface area contributed by atoms with Crippen LogP contribution in [0.1, 0.15) is 52.6 Å². The number of amides is 2. The van der Waals surface area contributed by atoms with E-state index < -0.39 is 0 Å². The summed E-state index contributed by atoms with van der Waals surface area (Å²) in [7, 11) is 3.55. The highest BCUT2D eigenvalue weighted by molar-refractivity contribution is 7.11. The topological polar surface area (TPSA) is 91.3 Å². The van der Waals surface area contributed by atoms with Gasteiger partial charge in [-0.15, -0.1) is 11.3 Å². The largest absolute Gasteiger partial charge is 0.373 e. The van der Waals surface area contributed by atoms with Crippen LogP contribution in [0.5, 0.6) is 0 Å². The average Bonchev–Trinajstić information content (AvgIpc) is 3.13. The molecule has 1 saturated heterocycles. The lowest BCUT2D eigenvalue weighted by molar-refractivity contribution is -0.128. The summed E-state index contributed by atoms with van der Waals surface area (Å²) < 4.78 is 0. The van der Waals surface area contributed by atoms with Crippen LogP contribution in [0.4, 0.5) is 5.82 Å². The van der Waals surface area contributed by atoms with Crippen LogP contribution in [-0.2, 0) is 11.3 Å². The Labute approximate surface area is 169 Å². The minimum Gasteiger partial charge on any atom is -0.373 e. The van der Waals surface area contributed by atoms with Crippen molar-refractivity contribution in [3.63, 3.8) is 0 Å². The zero-order valence-electron chi connectivity index (χ0n) is 16.7. The fourth-order valence-electron chi connectivity index (χ4n) is 3.30. The number of likely N-dealkylation sites (tertiary alicyclic amines) is 1. The Hall–Kier alpha value is -2.55. The maximum atomic E-state index is 12.9. The van der Waals surface area contributed by atoms with Crippen LogP contribution >= 0.6 is 11.3 Å². The predicted molar refractivity (Wildman–Crippen MR) is 108 cm³/mol. The van der Waals surface area contributed by atoms with Gasteiger partial charge in [-0.1, -0.05) is 0 Å². The summed E-state index contributed by atoms with van der Waals surface area (Å²) >= 11 is 1.39. The smallest absolute Gasteiger partial charge is 0.265 e. The quantitative estimate of drug-likeness (QED) is 0.825. The van der Waals surface area contributed by atoms with E-state index in [1.165, 1.54) is 18.3 Å². The molecule has 0 radical (unpaired) electrons. The Morgan fingerprint density at radius 3 is 2.82 bits per heavy atom. The number of aryl methyl sites for hydroxylation is 1. The molecule has 3 rings (SSSR count). The van der Waals surface area contributed by atoms with Gasteiger partial charge in [0.05, 0.1) is 23.4 Å². The third-order valence-corrected chi connectivity index (χ3v) is 5.95. The van der Waals surface area contributed by atoms with Crippen molar-refractivity contribution in [2.75, 3.05) is 32.5 Å². The normalized spacial score (nSPS) is 16.7. The lowest BCUT2D eigenvalue weighted by Gasteiger charge is -2.32. The molecule has 2 aromatic rings. The molecule has 9 heteroatoms. The van der Waals surface area contributed by atoms with Gasteiger partial charge >= 0.3 is 0 Å². The molecule has 1 aliphatic heterocycles. The number of anilines is 1. The van der Waals surface area contributed by atoms with Crippen molar-refractivity contribution < 1.29 is 9.59 Å². The number of hydrogen-bond acceptors (Lipinski definition) is 7. The van der Waals surface area contributed by atoms with Gasteiger partial charge in [0.15, 0.2) is 0 Å². The molecule has 0 spiro atoms. The van der Waals surface area contributed by atoms with Crippen LogP contribution in [0, 0.1) is 6.92 Å². The fourth-order valence-corrected chi connectivity index (χ4v) is 4.07. The van der Waals surface area contributed by atoms with Crippen LogP contribution in [0.2, 0.25) is 0 Å². The second kappa shape index (κ2) is 8.64. The van der Waals surface area contributed by atoms with Crippen LogP contribution < -0.4 is 5.32 Å². The first-order valence-corrected chi connectivity index (χ1v) is 10.2. The van der Waals surface area contributed by atoms with E-state index in [1.807, 2.05) is 24.9 Å². The Morgan fingerprint density at radius 1 is 1.39 bits per heavy atom. The summed E-state index contributed by atoms with van der Waals surface area (Å²) in [5.74, 6) is 1.47. The van der Waals surface area contributed by atoms with Crippen molar-refractivity contribution in [2.24, 2.45) is 0 Å². The minimum atomic E-state index is -0.0330. The summed E-state index contributed by atoms with van der Waals surface area (Å²) in [5.41, 5.74) is 3.40. The predicted octanol–water partition coefficient (Wildman–Crippen LogP) is 2.28. The molecule has 150 valence electrons. The number of hydrogen-bond donors (Lipinski definition) is 1. The number of carbonyl (C=O) groups excluding carboxylic acids is 2. The Kier molecular flexibility index (Phi) is 6.23. The molecule has 0 aliphatic carbocycles. The molecular formula is C19H26N6O2S. The van der Waals surface area contributed by atoms with E-state index in [1.54, 1.807) is 17.5 Å². The number of piperidine rings is 1. The van der Waals surface area contributed by atoms with E-state index in [2.05, 4.69) is 15.3 Å². The summed E-state index contributed by atoms with van der Waals surface area (Å²) in [5, 5.41) is 3.07. The molecule has 2 amide bonds. The highest BCUT2D eigenvalue weighted by Gasteiger charge is 2.28. The van der Waals surface area contributed by atoms with Crippen molar-refractivity contribution >= 4 is 29.0 Å². The molecule has 1 atom stereocenters. The molecule has 8 nitrogen and oxygen atoms in total. The molecule has 28 heavy (non-hydrogen) atoms. The van der Waals surface area contributed by atoms with Gasteiger partial charge in [0, 0.05) is 46.1 Å². The van der Waals surface area contributed by atoms with Gasteiger partial charge in [0.1, 0.15) is 16.5 Å². The van der Waals surface area contributed by atoms with E-state index >= 15 is 0 Å². The zero-order valence-corrected chi connectivity index (χ0v) is 17.5. The third kappa shape index (κ3) is 4.46. The molecule has 0 saturated carbocycles. The lowest BCUT2D eigenvalue weighted by Crippen LogP contribution is -2.39. The summed E-state index contributed by atoms with van der Waals surface area (Å²) in [4.78, 5) is 42.0. The number of carbonyl (C=O) groups is 2. The second-order valence-corrected chi connectivity index (χ2v) is 7.93. The average molecular weight is 403 g/mol. The van der Waals surface area contributed by atoms with Crippen molar-refractivity contribution in [1.29, 1.82) is 0 Å². The summed E-state index contributed by atoms with van der Waals surface area (Å²) in [6.45, 7) is 5.11. The highest BCUT2D eigenvalue weighted by atomic mass is 32.1. The number of nitrogens with one attached hydrogen (secondary N) is 1. The highest BCUT2D eigenvalue weighted by Crippen LogP contribution is 2.29. The molecule has 1 aliphatic rings. The van der Waals surface area contributed by atoms with Crippen LogP contribution in [0.25, 0.3) is 0 Å². The first-order valence-electron chi connectivity index (χ1n) is 9.35. The van der Waals surface area contributed by atoms with E-state index in [0.29, 0.717) is 23.8 Å². The van der Waals surface area contributed by atoms with Crippen molar-refractivity contribution in [3.8, 4) is 0 Å². The Balaban J connectivity index is 1.81. The number of aromatic nitrogens is 3. The molecule has 0 aromatic carbocycles. The van der Waals surface area contributed by atoms with E-state index in [4.69, 9.17) is 4.98 Å². The van der Waals surface area contributed by atoms with E-state index in [9.17, 15) is 9.59 Å². The lowest BCUT2D eigenvalue weighted by atomic mass is 9.94. The Morgan fingerprint density at radius 2 is 2.18 bits per heavy atom. The van der Waals surface area contributed by atoms with Crippen molar-refractivity contribution in [1.82, 2.24) is 24.8 Å². The van der Waals surface area contributed by atoms with Crippen molar-refractivity contribution in [2.45, 2.75) is 39.2 Å². The molecule has 1 fully saturated rings. The Bertz CT molecular complexity index is 868. The van der Waals surface area contributed by atoms with Gasteiger partial charge in [-0.05, 0) is 19.8 Å². The van der Waals surface area contributed by atoms with Gasteiger partial charge in [-0.2, -0.15) is 0 Å². The van der Waals surface area contributed by atoms with E-state index in [0.717, 1.165) is 36.6 Å². The SMILES string of the molecule is CNc1cc([C@@H]2CCCN(C(=O)c3scnc3C)C2)nc(CN(C)C(C)=O)n1. The summed E-state index contributed by atoms with van der Waals surface area (Å²) in [6, 6.07) is 1.94. The maximum absolute atomic E-state index is 12.9. The summed E-state index contributed by atoms with van der Waals surface area (Å²) in [6.07, 6.45) is 1.89. The van der Waals surface area contributed by atoms with Gasteiger partial charge in [-0.25, -0.2) is 15.0 Å². The van der Waals surface area contributed by atoms with Crippen LogP contribution in [0.3, 0.4) is 0 Å². The monoisotopic (exact) mass is 402 g/mol. The van der Waals surface area contributed by atoms with Gasteiger partial charge < -0.3 is 15.1 Å². The molecule has 0 bridgehead atoms. The third-order valence-electron chi connectivity index (χ3n) is 5.03. The molecule has 2 aromatic heterocycles. The first-order chi connectivity index (χ1) is 13.4. The number of nitrogens with zero attached hydrogens (tertiary/aromatic N) is 5. The van der Waals surface area contributed by atoms with Gasteiger partial charge in [0.25, 0.3) is 5.91 Å². The van der Waals surface area contributed by atoms with Gasteiger partial charge in [-0.3, -0.25) is 9.59 Å². The van der Waals surface area contributed by atoms with Gasteiger partial charge in [0.2, 0.25) is 5.91 Å². The molecular weight excluding hydrogens is 376 g/mol. The van der Waals surface area contributed by atoms with Crippen molar-refractivity contribution in [3.05, 3.63) is 33.7 Å². The maximum Gasteiger partial charge on any atom is 0.265 e. The standard InChI is InChI=1S/C19H26N6O2S/c1-12-18(28-11-21-12)19(27)25-7-5-6-14(9-25)15-8-16(20-3)23-17(22-15)10-24(4)13(2)26/h8,11,14H,5-7,9-10H2,1-4H3,(H,20,22,23)/t14-/m1/s1. The molecule has 0 unspecified atom stereocenters. The number of thiazole rings is 1. The van der Waals surface area contributed by atoms with Crippen LogP contribution in [0.15, 0.2) is 11.6 Å². The molecule has 3 heterocycles. The minimum absolute atomic E-state index is 0.0330. The molecule has 1 N–H and O–H groups in total. The second-order valence-electron chi connectivity index (χ2n) is 7.08. The fraction of sp³-hybridized carbons (Fsp3) is 0.526. The first kappa shape index (κ1) is 20.2. The van der Waals surface area contributed by atoms with E-state index in [-0.39, 0.29) is 17.7 Å². The number of rotatable bonds is 5. The van der Waals surface area contributed by atoms with Crippen LogP contribution in [-0.4, -0.2) is 63.8 Å².